The van der Waals surface area contributed by atoms with E-state index in [1.165, 1.54) is 12.1 Å². The maximum atomic E-state index is 13.8. The number of benzene rings is 4. The topological polar surface area (TPSA) is 115 Å². The van der Waals surface area contributed by atoms with E-state index in [-0.39, 0.29) is 23.7 Å². The Morgan fingerprint density at radius 3 is 1.41 bits per heavy atom. The summed E-state index contributed by atoms with van der Waals surface area (Å²) >= 11 is 0. The molecule has 0 aliphatic carbocycles. The number of hydrogen-bond acceptors (Lipinski definition) is 8. The van der Waals surface area contributed by atoms with Gasteiger partial charge in [-0.15, -0.1) is 0 Å². The standard InChI is InChI=1S/2C23H18FN5/c2*24-18-6-2-5-17(13-18)21-8-3-11-28(21)22-10-9-20-23(27-22)29(15-26-20)19-7-1-4-16(12-19)14-25/h2*1-2,4-7,9-10,12-13,15,21H,3,8,11H2. The second-order valence-corrected chi connectivity index (χ2v) is 14.4. The summed E-state index contributed by atoms with van der Waals surface area (Å²) in [4.78, 5) is 23.2. The van der Waals surface area contributed by atoms with Crippen LogP contribution in [0.25, 0.3) is 33.7 Å². The Kier molecular flexibility index (Phi) is 9.74. The van der Waals surface area contributed by atoms with Crippen molar-refractivity contribution in [3.63, 3.8) is 0 Å². The van der Waals surface area contributed by atoms with E-state index in [4.69, 9.17) is 9.97 Å². The van der Waals surface area contributed by atoms with Gasteiger partial charge in [-0.25, -0.2) is 28.7 Å². The summed E-state index contributed by atoms with van der Waals surface area (Å²) in [6.07, 6.45) is 7.45. The fourth-order valence-electron chi connectivity index (χ4n) is 8.12. The first kappa shape index (κ1) is 36.2. The third-order valence-corrected chi connectivity index (χ3v) is 10.8. The highest BCUT2D eigenvalue weighted by atomic mass is 19.1. The lowest BCUT2D eigenvalue weighted by Crippen LogP contribution is -2.23. The van der Waals surface area contributed by atoms with Gasteiger partial charge in [-0.2, -0.15) is 10.5 Å². The minimum atomic E-state index is -0.215. The highest BCUT2D eigenvalue weighted by Gasteiger charge is 2.29. The van der Waals surface area contributed by atoms with E-state index < -0.39 is 0 Å². The van der Waals surface area contributed by atoms with E-state index in [2.05, 4.69) is 31.9 Å². The molecule has 2 saturated heterocycles. The predicted octanol–water partition coefficient (Wildman–Crippen LogP) is 9.55. The van der Waals surface area contributed by atoms with E-state index in [1.807, 2.05) is 81.9 Å². The fraction of sp³-hybridized carbons (Fsp3) is 0.174. The van der Waals surface area contributed by atoms with Gasteiger partial charge in [0, 0.05) is 24.5 Å². The van der Waals surface area contributed by atoms with Crippen molar-refractivity contribution < 1.29 is 8.78 Å². The molecule has 2 aliphatic heterocycles. The summed E-state index contributed by atoms with van der Waals surface area (Å²) in [5.41, 5.74) is 7.87. The van der Waals surface area contributed by atoms with Crippen LogP contribution in [0.15, 0.2) is 134 Å². The molecule has 4 aromatic heterocycles. The van der Waals surface area contributed by atoms with Crippen LogP contribution in [0.1, 0.15) is 60.0 Å². The average Bonchev–Trinajstić information content (AvgIpc) is 4.10. The quantitative estimate of drug-likeness (QED) is 0.164. The number of halogens is 2. The molecule has 0 bridgehead atoms. The van der Waals surface area contributed by atoms with E-state index in [1.54, 1.807) is 49.1 Å². The molecule has 0 N–H and O–H groups in total. The first-order valence-corrected chi connectivity index (χ1v) is 19.2. The number of nitriles is 2. The van der Waals surface area contributed by atoms with Gasteiger partial charge in [0.2, 0.25) is 0 Å². The van der Waals surface area contributed by atoms with Gasteiger partial charge in [-0.05, 0) is 122 Å². The van der Waals surface area contributed by atoms with Crippen LogP contribution in [0.3, 0.4) is 0 Å². The van der Waals surface area contributed by atoms with E-state index in [0.717, 1.165) is 95.2 Å². The molecule has 2 unspecified atom stereocenters. The van der Waals surface area contributed by atoms with E-state index in [0.29, 0.717) is 11.1 Å². The van der Waals surface area contributed by atoms with Crippen molar-refractivity contribution >= 4 is 34.0 Å². The van der Waals surface area contributed by atoms with Crippen LogP contribution in [0.5, 0.6) is 0 Å². The van der Waals surface area contributed by atoms with Crippen LogP contribution in [-0.2, 0) is 0 Å². The highest BCUT2D eigenvalue weighted by Crippen LogP contribution is 2.37. The molecule has 0 spiro atoms. The summed E-state index contributed by atoms with van der Waals surface area (Å²) in [7, 11) is 0. The Morgan fingerprint density at radius 1 is 0.534 bits per heavy atom. The third-order valence-electron chi connectivity index (χ3n) is 10.8. The lowest BCUT2D eigenvalue weighted by atomic mass is 10.0. The average molecular weight is 767 g/mol. The maximum Gasteiger partial charge on any atom is 0.166 e. The van der Waals surface area contributed by atoms with Crippen LogP contribution in [-0.4, -0.2) is 42.2 Å². The van der Waals surface area contributed by atoms with Crippen LogP contribution in [0, 0.1) is 34.3 Å². The molecule has 12 heteroatoms. The second kappa shape index (κ2) is 15.6. The predicted molar refractivity (Wildman–Crippen MR) is 219 cm³/mol. The monoisotopic (exact) mass is 766 g/mol. The molecule has 4 aromatic carbocycles. The van der Waals surface area contributed by atoms with Gasteiger partial charge in [0.1, 0.15) is 47.0 Å². The van der Waals surface area contributed by atoms with Crippen LogP contribution in [0.4, 0.5) is 20.4 Å². The smallest absolute Gasteiger partial charge is 0.166 e. The molecular formula is C46H36F2N10. The third kappa shape index (κ3) is 7.08. The summed E-state index contributed by atoms with van der Waals surface area (Å²) < 4.78 is 31.3. The zero-order chi connectivity index (χ0) is 39.6. The SMILES string of the molecule is N#Cc1cccc(-n2cnc3ccc(N4CCCC4c4cccc(F)c4)nc32)c1.N#Cc1cccc(-n2cnc3ccc(N4CCCC4c4cccc(F)c4)nc32)c1. The largest absolute Gasteiger partial charge is 0.349 e. The summed E-state index contributed by atoms with van der Waals surface area (Å²) in [5.74, 6) is 1.27. The van der Waals surface area contributed by atoms with Crippen LogP contribution in [0.2, 0.25) is 0 Å². The summed E-state index contributed by atoms with van der Waals surface area (Å²) in [6, 6.07) is 40.8. The van der Waals surface area contributed by atoms with Gasteiger partial charge >= 0.3 is 0 Å². The number of hydrogen-bond donors (Lipinski definition) is 0. The van der Waals surface area contributed by atoms with E-state index in [9.17, 15) is 19.3 Å². The molecule has 10 nitrogen and oxygen atoms in total. The normalized spacial score (nSPS) is 16.3. The first-order chi connectivity index (χ1) is 28.4. The van der Waals surface area contributed by atoms with Crippen LogP contribution >= 0.6 is 0 Å². The molecule has 10 rings (SSSR count). The summed E-state index contributed by atoms with van der Waals surface area (Å²) in [5, 5.41) is 18.4. The lowest BCUT2D eigenvalue weighted by Gasteiger charge is -2.26. The Morgan fingerprint density at radius 2 is 0.983 bits per heavy atom. The van der Waals surface area contributed by atoms with Crippen molar-refractivity contribution in [1.29, 1.82) is 10.5 Å². The number of aromatic nitrogens is 6. The Balaban J connectivity index is 0.000000150. The minimum absolute atomic E-state index is 0.105. The molecule has 0 amide bonds. The first-order valence-electron chi connectivity index (χ1n) is 19.2. The van der Waals surface area contributed by atoms with Crippen molar-refractivity contribution in [3.05, 3.63) is 168 Å². The maximum absolute atomic E-state index is 13.8. The molecular weight excluding hydrogens is 731 g/mol. The van der Waals surface area contributed by atoms with Gasteiger partial charge < -0.3 is 9.80 Å². The number of imidazole rings is 2. The molecule has 6 heterocycles. The number of nitrogens with zero attached hydrogens (tertiary/aromatic N) is 10. The van der Waals surface area contributed by atoms with Gasteiger partial charge in [0.05, 0.1) is 35.3 Å². The minimum Gasteiger partial charge on any atom is -0.349 e. The van der Waals surface area contributed by atoms with Gasteiger partial charge in [0.15, 0.2) is 11.3 Å². The Hall–Kier alpha value is -7.44. The molecule has 2 fully saturated rings. The number of anilines is 2. The van der Waals surface area contributed by atoms with Crippen molar-refractivity contribution in [3.8, 4) is 23.5 Å². The number of rotatable bonds is 6. The molecule has 58 heavy (non-hydrogen) atoms. The highest BCUT2D eigenvalue weighted by molar-refractivity contribution is 5.77. The molecule has 2 atom stereocenters. The van der Waals surface area contributed by atoms with Crippen molar-refractivity contribution in [1.82, 2.24) is 29.1 Å². The van der Waals surface area contributed by atoms with Crippen LogP contribution < -0.4 is 9.80 Å². The summed E-state index contributed by atoms with van der Waals surface area (Å²) in [6.45, 7) is 1.75. The van der Waals surface area contributed by atoms with E-state index >= 15 is 0 Å². The fourth-order valence-corrected chi connectivity index (χ4v) is 8.12. The molecule has 0 saturated carbocycles. The molecule has 2 aliphatic rings. The lowest BCUT2D eigenvalue weighted by molar-refractivity contribution is 0.618. The van der Waals surface area contributed by atoms with Gasteiger partial charge in [0.25, 0.3) is 0 Å². The van der Waals surface area contributed by atoms with Crippen molar-refractivity contribution in [2.45, 2.75) is 37.8 Å². The zero-order valence-corrected chi connectivity index (χ0v) is 31.3. The number of fused-ring (bicyclic) bond motifs is 2. The zero-order valence-electron chi connectivity index (χ0n) is 31.3. The number of pyridine rings is 2. The second-order valence-electron chi connectivity index (χ2n) is 14.4. The van der Waals surface area contributed by atoms with Crippen molar-refractivity contribution in [2.24, 2.45) is 0 Å². The Bertz CT molecular complexity index is 2670. The molecule has 284 valence electrons. The van der Waals surface area contributed by atoms with Crippen molar-refractivity contribution in [2.75, 3.05) is 22.9 Å². The van der Waals surface area contributed by atoms with Gasteiger partial charge in [-0.1, -0.05) is 36.4 Å². The van der Waals surface area contributed by atoms with Gasteiger partial charge in [-0.3, -0.25) is 9.13 Å². The molecule has 0 radical (unpaired) electrons. The molecule has 8 aromatic rings. The Labute approximate surface area is 333 Å².